The molecule has 6 heteroatoms. The topological polar surface area (TPSA) is 78.5 Å². The maximum absolute atomic E-state index is 4.65. The second kappa shape index (κ2) is 5.87. The second-order valence-corrected chi connectivity index (χ2v) is 6.17. The molecule has 0 amide bonds. The fraction of sp³-hybridized carbons (Fsp3) is 0.667. The van der Waals surface area contributed by atoms with Crippen LogP contribution in [-0.2, 0) is 0 Å². The van der Waals surface area contributed by atoms with Gasteiger partial charge in [0.25, 0.3) is 0 Å². The zero-order chi connectivity index (χ0) is 14.7. The Kier molecular flexibility index (Phi) is 3.94. The van der Waals surface area contributed by atoms with Gasteiger partial charge in [-0.05, 0) is 26.2 Å². The average molecular weight is 288 g/mol. The molecule has 21 heavy (non-hydrogen) atoms. The Labute approximate surface area is 125 Å². The quantitative estimate of drug-likeness (QED) is 0.786. The van der Waals surface area contributed by atoms with Gasteiger partial charge >= 0.3 is 0 Å². The highest BCUT2D eigenvalue weighted by Crippen LogP contribution is 2.32. The molecule has 0 spiro atoms. The molecule has 0 bridgehead atoms. The first-order chi connectivity index (χ1) is 10.2. The summed E-state index contributed by atoms with van der Waals surface area (Å²) in [4.78, 5) is 16.5. The molecule has 6 nitrogen and oxygen atoms in total. The highest BCUT2D eigenvalue weighted by atomic mass is 15.2. The number of aromatic nitrogens is 4. The van der Waals surface area contributed by atoms with Crippen LogP contribution in [0.5, 0.6) is 0 Å². The van der Waals surface area contributed by atoms with Gasteiger partial charge in [0, 0.05) is 12.1 Å². The highest BCUT2D eigenvalue weighted by Gasteiger charge is 2.28. The van der Waals surface area contributed by atoms with Crippen molar-refractivity contribution in [3.63, 3.8) is 0 Å². The lowest BCUT2D eigenvalue weighted by atomic mass is 9.83. The van der Waals surface area contributed by atoms with E-state index in [0.717, 1.165) is 24.3 Å². The van der Waals surface area contributed by atoms with Gasteiger partial charge in [0.2, 0.25) is 5.95 Å². The number of fused-ring (bicyclic) bond motifs is 1. The molecular weight excluding hydrogens is 264 g/mol. The van der Waals surface area contributed by atoms with Crippen molar-refractivity contribution in [3.8, 4) is 0 Å². The third kappa shape index (κ3) is 3.09. The number of aromatic amines is 1. The van der Waals surface area contributed by atoms with E-state index in [1.54, 1.807) is 6.33 Å². The first kappa shape index (κ1) is 14.1. The summed E-state index contributed by atoms with van der Waals surface area (Å²) in [6.07, 6.45) is 8.99. The summed E-state index contributed by atoms with van der Waals surface area (Å²) in [5, 5.41) is 6.89. The second-order valence-electron chi connectivity index (χ2n) is 6.17. The summed E-state index contributed by atoms with van der Waals surface area (Å²) >= 11 is 0. The van der Waals surface area contributed by atoms with Gasteiger partial charge in [-0.1, -0.05) is 26.2 Å². The molecule has 3 rings (SSSR count). The fourth-order valence-corrected chi connectivity index (χ4v) is 2.98. The van der Waals surface area contributed by atoms with Crippen molar-refractivity contribution in [1.29, 1.82) is 0 Å². The molecule has 0 atom stereocenters. The van der Waals surface area contributed by atoms with Crippen LogP contribution in [-0.4, -0.2) is 32.0 Å². The Balaban J connectivity index is 1.90. The molecule has 1 fully saturated rings. The van der Waals surface area contributed by atoms with Gasteiger partial charge in [-0.25, -0.2) is 4.98 Å². The molecule has 0 saturated heterocycles. The molecule has 1 aliphatic rings. The minimum atomic E-state index is 0.118. The third-order valence-electron chi connectivity index (χ3n) is 4.20. The van der Waals surface area contributed by atoms with Crippen LogP contribution in [0.25, 0.3) is 11.2 Å². The standard InChI is InChI=1S/C15H24N6/c1-3-9-16-14-19-12-11(17-10-18-12)13(20-14)21-15(2)7-5-4-6-8-15/h10H,3-9H2,1-2H3,(H3,16,17,18,19,20,21). The number of H-pyrrole nitrogens is 1. The van der Waals surface area contributed by atoms with E-state index < -0.39 is 0 Å². The number of hydrogen-bond acceptors (Lipinski definition) is 5. The Bertz CT molecular complexity index is 599. The van der Waals surface area contributed by atoms with Crippen LogP contribution in [0, 0.1) is 0 Å². The summed E-state index contributed by atoms with van der Waals surface area (Å²) < 4.78 is 0. The van der Waals surface area contributed by atoms with E-state index >= 15 is 0 Å². The van der Waals surface area contributed by atoms with Crippen molar-refractivity contribution in [1.82, 2.24) is 19.9 Å². The van der Waals surface area contributed by atoms with Crippen LogP contribution in [0.1, 0.15) is 52.4 Å². The Hall–Kier alpha value is -1.85. The van der Waals surface area contributed by atoms with Crippen molar-refractivity contribution >= 4 is 22.9 Å². The number of rotatable bonds is 5. The van der Waals surface area contributed by atoms with E-state index in [1.165, 1.54) is 32.1 Å². The molecule has 2 aromatic rings. The molecule has 0 radical (unpaired) electrons. The van der Waals surface area contributed by atoms with Gasteiger partial charge in [-0.2, -0.15) is 9.97 Å². The van der Waals surface area contributed by atoms with Gasteiger partial charge in [0.1, 0.15) is 5.52 Å². The highest BCUT2D eigenvalue weighted by molar-refractivity contribution is 5.84. The van der Waals surface area contributed by atoms with E-state index in [-0.39, 0.29) is 5.54 Å². The Morgan fingerprint density at radius 2 is 2.05 bits per heavy atom. The van der Waals surface area contributed by atoms with Gasteiger partial charge in [0.05, 0.1) is 6.33 Å². The van der Waals surface area contributed by atoms with Crippen LogP contribution >= 0.6 is 0 Å². The molecule has 1 saturated carbocycles. The summed E-state index contributed by atoms with van der Waals surface area (Å²) in [5.74, 6) is 1.51. The van der Waals surface area contributed by atoms with Crippen LogP contribution < -0.4 is 10.6 Å². The molecule has 114 valence electrons. The Morgan fingerprint density at radius 1 is 1.24 bits per heavy atom. The van der Waals surface area contributed by atoms with E-state index in [9.17, 15) is 0 Å². The maximum atomic E-state index is 4.65. The van der Waals surface area contributed by atoms with Crippen molar-refractivity contribution in [3.05, 3.63) is 6.33 Å². The van der Waals surface area contributed by atoms with Gasteiger partial charge in [0.15, 0.2) is 11.5 Å². The minimum Gasteiger partial charge on any atom is -0.363 e. The number of imidazole rings is 1. The smallest absolute Gasteiger partial charge is 0.226 e. The lowest BCUT2D eigenvalue weighted by Crippen LogP contribution is -2.37. The predicted molar refractivity (Wildman–Crippen MR) is 85.6 cm³/mol. The van der Waals surface area contributed by atoms with Crippen LogP contribution in [0.3, 0.4) is 0 Å². The molecule has 2 aromatic heterocycles. The number of nitrogens with one attached hydrogen (secondary N) is 3. The van der Waals surface area contributed by atoms with Crippen molar-refractivity contribution < 1.29 is 0 Å². The van der Waals surface area contributed by atoms with E-state index in [2.05, 4.69) is 44.4 Å². The fourth-order valence-electron chi connectivity index (χ4n) is 2.98. The van der Waals surface area contributed by atoms with Crippen LogP contribution in [0.2, 0.25) is 0 Å². The van der Waals surface area contributed by atoms with Crippen LogP contribution in [0.15, 0.2) is 6.33 Å². The first-order valence-electron chi connectivity index (χ1n) is 7.93. The monoisotopic (exact) mass is 288 g/mol. The number of anilines is 2. The SMILES string of the molecule is CCCNc1nc(NC2(C)CCCCC2)c2[nH]cnc2n1. The normalized spacial score (nSPS) is 17.8. The predicted octanol–water partition coefficient (Wildman–Crippen LogP) is 3.31. The minimum absolute atomic E-state index is 0.118. The lowest BCUT2D eigenvalue weighted by Gasteiger charge is -2.35. The number of nitrogens with zero attached hydrogens (tertiary/aromatic N) is 3. The molecule has 3 N–H and O–H groups in total. The zero-order valence-corrected chi connectivity index (χ0v) is 12.9. The van der Waals surface area contributed by atoms with Gasteiger partial charge in [-0.15, -0.1) is 0 Å². The summed E-state index contributed by atoms with van der Waals surface area (Å²) in [6, 6.07) is 0. The first-order valence-corrected chi connectivity index (χ1v) is 7.93. The number of hydrogen-bond donors (Lipinski definition) is 3. The Morgan fingerprint density at radius 3 is 2.81 bits per heavy atom. The summed E-state index contributed by atoms with van der Waals surface area (Å²) in [5.41, 5.74) is 1.72. The maximum Gasteiger partial charge on any atom is 0.226 e. The molecule has 1 aliphatic carbocycles. The average Bonchev–Trinajstić information content (AvgIpc) is 2.94. The van der Waals surface area contributed by atoms with E-state index in [4.69, 9.17) is 0 Å². The van der Waals surface area contributed by atoms with Crippen LogP contribution in [0.4, 0.5) is 11.8 Å². The summed E-state index contributed by atoms with van der Waals surface area (Å²) in [7, 11) is 0. The molecular formula is C15H24N6. The summed E-state index contributed by atoms with van der Waals surface area (Å²) in [6.45, 7) is 5.28. The molecule has 0 unspecified atom stereocenters. The molecule has 2 heterocycles. The molecule has 0 aromatic carbocycles. The third-order valence-corrected chi connectivity index (χ3v) is 4.20. The molecule has 0 aliphatic heterocycles. The van der Waals surface area contributed by atoms with E-state index in [1.807, 2.05) is 0 Å². The lowest BCUT2D eigenvalue weighted by molar-refractivity contribution is 0.349. The zero-order valence-electron chi connectivity index (χ0n) is 12.9. The van der Waals surface area contributed by atoms with E-state index in [0.29, 0.717) is 11.6 Å². The van der Waals surface area contributed by atoms with Crippen molar-refractivity contribution in [2.75, 3.05) is 17.2 Å². The van der Waals surface area contributed by atoms with Gasteiger partial charge in [-0.3, -0.25) is 0 Å². The van der Waals surface area contributed by atoms with Crippen molar-refractivity contribution in [2.45, 2.75) is 57.9 Å². The van der Waals surface area contributed by atoms with Gasteiger partial charge < -0.3 is 15.6 Å². The largest absolute Gasteiger partial charge is 0.363 e. The van der Waals surface area contributed by atoms with Crippen molar-refractivity contribution in [2.24, 2.45) is 0 Å².